The quantitative estimate of drug-likeness (QED) is 0.860. The molecule has 3 rings (SSSR count). The van der Waals surface area contributed by atoms with Gasteiger partial charge in [-0.2, -0.15) is 5.21 Å². The molecule has 0 amide bonds. The molecule has 1 aromatic carbocycles. The van der Waals surface area contributed by atoms with Gasteiger partial charge in [0.25, 0.3) is 5.95 Å². The Morgan fingerprint density at radius 3 is 2.72 bits per heavy atom. The summed E-state index contributed by atoms with van der Waals surface area (Å²) in [6, 6.07) is 10.3. The van der Waals surface area contributed by atoms with Crippen LogP contribution in [-0.2, 0) is 5.54 Å². The molecule has 0 saturated carbocycles. The zero-order valence-corrected chi connectivity index (χ0v) is 9.74. The minimum atomic E-state index is -0.306. The van der Waals surface area contributed by atoms with Crippen LogP contribution in [0.25, 0.3) is 0 Å². The summed E-state index contributed by atoms with van der Waals surface area (Å²) in [4.78, 5) is 0. The number of hydrogen-bond acceptors (Lipinski definition) is 4. The molecule has 0 radical (unpaired) electrons. The van der Waals surface area contributed by atoms with Gasteiger partial charge >= 0.3 is 0 Å². The lowest BCUT2D eigenvalue weighted by Gasteiger charge is -2.32. The molecule has 1 unspecified atom stereocenters. The maximum absolute atomic E-state index is 3.96. The number of hydrogen-bond donors (Lipinski definition) is 2. The van der Waals surface area contributed by atoms with Gasteiger partial charge in [-0.15, -0.1) is 5.10 Å². The second kappa shape index (κ2) is 4.44. The van der Waals surface area contributed by atoms with Gasteiger partial charge in [0.2, 0.25) is 0 Å². The topological polar surface area (TPSA) is 66.5 Å². The van der Waals surface area contributed by atoms with Crippen molar-refractivity contribution in [2.24, 2.45) is 0 Å². The third-order valence-electron chi connectivity index (χ3n) is 3.04. The van der Waals surface area contributed by atoms with Gasteiger partial charge in [0, 0.05) is 0 Å². The van der Waals surface area contributed by atoms with Crippen molar-refractivity contribution in [2.45, 2.75) is 12.0 Å². The van der Waals surface area contributed by atoms with E-state index in [9.17, 15) is 0 Å². The molecule has 1 aromatic heterocycles. The number of nitrogens with one attached hydrogen (secondary N) is 2. The van der Waals surface area contributed by atoms with Gasteiger partial charge in [-0.05, 0) is 17.2 Å². The highest BCUT2D eigenvalue weighted by Crippen LogP contribution is 2.32. The van der Waals surface area contributed by atoms with Crippen LogP contribution in [0.3, 0.4) is 0 Å². The molecule has 1 heterocycles. The molecule has 1 aliphatic carbocycles. The van der Waals surface area contributed by atoms with Gasteiger partial charge in [0.15, 0.2) is 0 Å². The van der Waals surface area contributed by atoms with Crippen molar-refractivity contribution in [2.75, 3.05) is 5.32 Å². The SMILES string of the molecule is C1=CCC(Nc2nn[nH]n2)(c2ccccc2)C=C1. The van der Waals surface area contributed by atoms with Gasteiger partial charge in [-0.1, -0.05) is 59.7 Å². The summed E-state index contributed by atoms with van der Waals surface area (Å²) in [5, 5.41) is 17.3. The molecule has 90 valence electrons. The van der Waals surface area contributed by atoms with E-state index in [1.165, 1.54) is 5.56 Å². The van der Waals surface area contributed by atoms with E-state index in [0.29, 0.717) is 5.95 Å². The van der Waals surface area contributed by atoms with Crippen molar-refractivity contribution in [3.8, 4) is 0 Å². The highest BCUT2D eigenvalue weighted by Gasteiger charge is 2.30. The predicted molar refractivity (Wildman–Crippen MR) is 68.8 cm³/mol. The highest BCUT2D eigenvalue weighted by atomic mass is 15.5. The zero-order chi connectivity index (χ0) is 12.3. The number of anilines is 1. The summed E-state index contributed by atoms with van der Waals surface area (Å²) in [5.41, 5.74) is 0.871. The van der Waals surface area contributed by atoms with Crippen LogP contribution in [0.15, 0.2) is 54.6 Å². The van der Waals surface area contributed by atoms with Crippen LogP contribution in [0.5, 0.6) is 0 Å². The van der Waals surface area contributed by atoms with E-state index < -0.39 is 0 Å². The monoisotopic (exact) mass is 239 g/mol. The predicted octanol–water partition coefficient (Wildman–Crippen LogP) is 2.02. The number of allylic oxidation sites excluding steroid dienone is 2. The van der Waals surface area contributed by atoms with E-state index in [0.717, 1.165) is 6.42 Å². The molecular formula is C13H13N5. The molecule has 5 nitrogen and oxygen atoms in total. The number of tetrazole rings is 1. The summed E-state index contributed by atoms with van der Waals surface area (Å²) in [7, 11) is 0. The first-order valence-corrected chi connectivity index (χ1v) is 5.81. The average molecular weight is 239 g/mol. The molecule has 2 aromatic rings. The summed E-state index contributed by atoms with van der Waals surface area (Å²) in [6.07, 6.45) is 9.17. The molecule has 0 bridgehead atoms. The van der Waals surface area contributed by atoms with Crippen LogP contribution in [0, 0.1) is 0 Å². The Kier molecular flexibility index (Phi) is 2.64. The lowest BCUT2D eigenvalue weighted by Crippen LogP contribution is -2.34. The minimum Gasteiger partial charge on any atom is -0.338 e. The second-order valence-corrected chi connectivity index (χ2v) is 4.19. The van der Waals surface area contributed by atoms with E-state index in [-0.39, 0.29) is 5.54 Å². The lowest BCUT2D eigenvalue weighted by molar-refractivity contribution is 0.611. The Morgan fingerprint density at radius 1 is 1.17 bits per heavy atom. The molecule has 2 N–H and O–H groups in total. The summed E-state index contributed by atoms with van der Waals surface area (Å²) < 4.78 is 0. The van der Waals surface area contributed by atoms with Crippen molar-refractivity contribution in [1.82, 2.24) is 20.6 Å². The normalized spacial score (nSPS) is 22.0. The standard InChI is InChI=1S/C13H13N5/c1-3-7-11(8-4-1)13(9-5-2-6-10-13)14-12-15-17-18-16-12/h1-9H,10H2,(H2,14,15,16,17,18). The van der Waals surface area contributed by atoms with E-state index in [4.69, 9.17) is 0 Å². The van der Waals surface area contributed by atoms with Gasteiger partial charge in [-0.25, -0.2) is 0 Å². The average Bonchev–Trinajstić information content (AvgIpc) is 2.94. The first kappa shape index (κ1) is 10.7. The molecule has 18 heavy (non-hydrogen) atoms. The maximum atomic E-state index is 3.96. The van der Waals surface area contributed by atoms with Crippen molar-refractivity contribution in [1.29, 1.82) is 0 Å². The Labute approximate surface area is 105 Å². The number of aromatic nitrogens is 4. The van der Waals surface area contributed by atoms with Crippen molar-refractivity contribution in [3.05, 3.63) is 60.2 Å². The van der Waals surface area contributed by atoms with Crippen molar-refractivity contribution in [3.63, 3.8) is 0 Å². The van der Waals surface area contributed by atoms with Gasteiger partial charge in [0.1, 0.15) is 0 Å². The van der Waals surface area contributed by atoms with Crippen LogP contribution in [0.1, 0.15) is 12.0 Å². The molecule has 0 saturated heterocycles. The Balaban J connectivity index is 1.99. The third kappa shape index (κ3) is 1.90. The van der Waals surface area contributed by atoms with Crippen LogP contribution in [0.4, 0.5) is 5.95 Å². The van der Waals surface area contributed by atoms with E-state index in [1.54, 1.807) is 0 Å². The molecule has 0 fully saturated rings. The first-order chi connectivity index (χ1) is 8.89. The molecule has 5 heteroatoms. The Bertz CT molecular complexity index is 558. The highest BCUT2D eigenvalue weighted by molar-refractivity contribution is 5.43. The van der Waals surface area contributed by atoms with Crippen LogP contribution >= 0.6 is 0 Å². The molecule has 1 atom stereocenters. The summed E-state index contributed by atoms with van der Waals surface area (Å²) in [5.74, 6) is 0.499. The van der Waals surface area contributed by atoms with E-state index >= 15 is 0 Å². The van der Waals surface area contributed by atoms with E-state index in [1.807, 2.05) is 30.4 Å². The molecule has 1 aliphatic rings. The lowest BCUT2D eigenvalue weighted by atomic mass is 9.84. The second-order valence-electron chi connectivity index (χ2n) is 4.19. The first-order valence-electron chi connectivity index (χ1n) is 5.81. The van der Waals surface area contributed by atoms with Crippen molar-refractivity contribution >= 4 is 5.95 Å². The zero-order valence-electron chi connectivity index (χ0n) is 9.74. The maximum Gasteiger partial charge on any atom is 0.264 e. The fraction of sp³-hybridized carbons (Fsp3) is 0.154. The summed E-state index contributed by atoms with van der Waals surface area (Å²) >= 11 is 0. The van der Waals surface area contributed by atoms with Gasteiger partial charge in [0.05, 0.1) is 5.54 Å². The number of nitrogens with zero attached hydrogens (tertiary/aromatic N) is 3. The largest absolute Gasteiger partial charge is 0.338 e. The molecule has 0 spiro atoms. The number of benzene rings is 1. The minimum absolute atomic E-state index is 0.306. The summed E-state index contributed by atoms with van der Waals surface area (Å²) in [6.45, 7) is 0. The third-order valence-corrected chi connectivity index (χ3v) is 3.04. The van der Waals surface area contributed by atoms with Crippen LogP contribution in [0.2, 0.25) is 0 Å². The molecule has 0 aliphatic heterocycles. The Morgan fingerprint density at radius 2 is 2.06 bits per heavy atom. The van der Waals surface area contributed by atoms with Crippen LogP contribution < -0.4 is 5.32 Å². The number of rotatable bonds is 3. The fourth-order valence-corrected chi connectivity index (χ4v) is 2.15. The smallest absolute Gasteiger partial charge is 0.264 e. The van der Waals surface area contributed by atoms with Crippen LogP contribution in [-0.4, -0.2) is 20.6 Å². The number of H-pyrrole nitrogens is 1. The van der Waals surface area contributed by atoms with Gasteiger partial charge < -0.3 is 5.32 Å². The van der Waals surface area contributed by atoms with Crippen molar-refractivity contribution < 1.29 is 0 Å². The Hall–Kier alpha value is -2.43. The van der Waals surface area contributed by atoms with Gasteiger partial charge in [-0.3, -0.25) is 0 Å². The fourth-order valence-electron chi connectivity index (χ4n) is 2.15. The molecular weight excluding hydrogens is 226 g/mol. The van der Waals surface area contributed by atoms with E-state index in [2.05, 4.69) is 50.2 Å². The number of aromatic amines is 1.